The number of nitrogens with zero attached hydrogens (tertiary/aromatic N) is 1. The third kappa shape index (κ3) is 5.77. The van der Waals surface area contributed by atoms with E-state index in [1.807, 2.05) is 4.90 Å². The predicted octanol–water partition coefficient (Wildman–Crippen LogP) is 3.45. The maximum atomic E-state index is 12.1. The zero-order chi connectivity index (χ0) is 14.1. The van der Waals surface area contributed by atoms with Gasteiger partial charge in [-0.1, -0.05) is 31.5 Å². The Balaban J connectivity index is 2.34. The maximum Gasteiger partial charge on any atom is 0.224 e. The number of hydrogen-bond acceptors (Lipinski definition) is 2. The fraction of sp³-hybridized carbons (Fsp3) is 0.562. The van der Waals surface area contributed by atoms with Crippen molar-refractivity contribution in [2.75, 3.05) is 25.0 Å². The Labute approximate surface area is 117 Å². The molecular weight excluding hydrogens is 236 g/mol. The van der Waals surface area contributed by atoms with Crippen LogP contribution in [0.5, 0.6) is 0 Å². The van der Waals surface area contributed by atoms with Crippen molar-refractivity contribution in [1.29, 1.82) is 0 Å². The van der Waals surface area contributed by atoms with Crippen LogP contribution in [0.4, 0.5) is 5.69 Å². The van der Waals surface area contributed by atoms with Crippen LogP contribution in [0.2, 0.25) is 0 Å². The van der Waals surface area contributed by atoms with E-state index in [-0.39, 0.29) is 5.91 Å². The standard InChI is InChI=1S/C16H26N2O/c1-4-12-18(13-5-2)16(19)10-11-17-15-8-6-14(3)7-9-15/h6-9,17H,4-5,10-13H2,1-3H3. The number of benzene rings is 1. The Morgan fingerprint density at radius 3 is 2.21 bits per heavy atom. The summed E-state index contributed by atoms with van der Waals surface area (Å²) in [5, 5.41) is 3.29. The lowest BCUT2D eigenvalue weighted by atomic mass is 10.2. The molecule has 3 nitrogen and oxygen atoms in total. The predicted molar refractivity (Wildman–Crippen MR) is 81.4 cm³/mol. The quantitative estimate of drug-likeness (QED) is 0.778. The molecule has 0 atom stereocenters. The molecule has 1 N–H and O–H groups in total. The first-order valence-electron chi connectivity index (χ1n) is 7.25. The van der Waals surface area contributed by atoms with E-state index in [1.54, 1.807) is 0 Å². The van der Waals surface area contributed by atoms with E-state index >= 15 is 0 Å². The van der Waals surface area contributed by atoms with Gasteiger partial charge in [0, 0.05) is 31.7 Å². The molecule has 0 bridgehead atoms. The molecule has 19 heavy (non-hydrogen) atoms. The molecule has 1 rings (SSSR count). The van der Waals surface area contributed by atoms with Gasteiger partial charge in [-0.2, -0.15) is 0 Å². The highest BCUT2D eigenvalue weighted by molar-refractivity contribution is 5.76. The molecular formula is C16H26N2O. The Bertz CT molecular complexity index is 367. The molecule has 106 valence electrons. The lowest BCUT2D eigenvalue weighted by molar-refractivity contribution is -0.131. The molecule has 0 saturated carbocycles. The van der Waals surface area contributed by atoms with Gasteiger partial charge < -0.3 is 10.2 Å². The van der Waals surface area contributed by atoms with Gasteiger partial charge in [-0.3, -0.25) is 4.79 Å². The van der Waals surface area contributed by atoms with Crippen LogP contribution in [0.1, 0.15) is 38.7 Å². The van der Waals surface area contributed by atoms with Crippen LogP contribution in [0.25, 0.3) is 0 Å². The van der Waals surface area contributed by atoms with E-state index in [1.165, 1.54) is 5.56 Å². The van der Waals surface area contributed by atoms with Crippen molar-refractivity contribution in [2.24, 2.45) is 0 Å². The van der Waals surface area contributed by atoms with Crippen LogP contribution in [0.15, 0.2) is 24.3 Å². The lowest BCUT2D eigenvalue weighted by Gasteiger charge is -2.21. The number of amides is 1. The van der Waals surface area contributed by atoms with Gasteiger partial charge in [0.25, 0.3) is 0 Å². The number of hydrogen-bond donors (Lipinski definition) is 1. The Kier molecular flexibility index (Phi) is 7.01. The number of carbonyl (C=O) groups excluding carboxylic acids is 1. The minimum absolute atomic E-state index is 0.253. The Hall–Kier alpha value is -1.51. The SMILES string of the molecule is CCCN(CCC)C(=O)CCNc1ccc(C)cc1. The van der Waals surface area contributed by atoms with Crippen LogP contribution < -0.4 is 5.32 Å². The van der Waals surface area contributed by atoms with Gasteiger partial charge in [-0.05, 0) is 31.9 Å². The van der Waals surface area contributed by atoms with Gasteiger partial charge in [0.15, 0.2) is 0 Å². The van der Waals surface area contributed by atoms with Gasteiger partial charge in [-0.25, -0.2) is 0 Å². The topological polar surface area (TPSA) is 32.3 Å². The highest BCUT2D eigenvalue weighted by Crippen LogP contribution is 2.08. The summed E-state index contributed by atoms with van der Waals surface area (Å²) in [6.45, 7) is 8.74. The summed E-state index contributed by atoms with van der Waals surface area (Å²) in [5.41, 5.74) is 2.33. The minimum Gasteiger partial charge on any atom is -0.385 e. The Morgan fingerprint density at radius 2 is 1.68 bits per heavy atom. The molecule has 1 amide bonds. The third-order valence-corrected chi connectivity index (χ3v) is 3.06. The number of nitrogens with one attached hydrogen (secondary N) is 1. The van der Waals surface area contributed by atoms with Crippen LogP contribution in [0, 0.1) is 6.92 Å². The zero-order valence-corrected chi connectivity index (χ0v) is 12.4. The van der Waals surface area contributed by atoms with Crippen molar-refractivity contribution < 1.29 is 4.79 Å². The van der Waals surface area contributed by atoms with E-state index in [9.17, 15) is 4.79 Å². The van der Waals surface area contributed by atoms with E-state index in [2.05, 4.69) is 50.4 Å². The van der Waals surface area contributed by atoms with Gasteiger partial charge in [0.2, 0.25) is 5.91 Å². The van der Waals surface area contributed by atoms with Gasteiger partial charge in [0.1, 0.15) is 0 Å². The second kappa shape index (κ2) is 8.57. The van der Waals surface area contributed by atoms with Crippen molar-refractivity contribution in [3.05, 3.63) is 29.8 Å². The van der Waals surface area contributed by atoms with Crippen LogP contribution in [0.3, 0.4) is 0 Å². The van der Waals surface area contributed by atoms with Crippen molar-refractivity contribution in [2.45, 2.75) is 40.0 Å². The summed E-state index contributed by atoms with van der Waals surface area (Å²) in [4.78, 5) is 14.0. The van der Waals surface area contributed by atoms with Crippen LogP contribution >= 0.6 is 0 Å². The molecule has 0 radical (unpaired) electrons. The first kappa shape index (κ1) is 15.5. The normalized spacial score (nSPS) is 10.3. The number of anilines is 1. The number of carbonyl (C=O) groups is 1. The first-order valence-corrected chi connectivity index (χ1v) is 7.25. The third-order valence-electron chi connectivity index (χ3n) is 3.06. The fourth-order valence-electron chi connectivity index (χ4n) is 2.04. The van der Waals surface area contributed by atoms with Crippen LogP contribution in [-0.4, -0.2) is 30.4 Å². The van der Waals surface area contributed by atoms with Gasteiger partial charge in [0.05, 0.1) is 0 Å². The second-order valence-electron chi connectivity index (χ2n) is 4.92. The average molecular weight is 262 g/mol. The molecule has 1 aromatic rings. The van der Waals surface area contributed by atoms with E-state index in [0.29, 0.717) is 13.0 Å². The Morgan fingerprint density at radius 1 is 1.11 bits per heavy atom. The zero-order valence-electron chi connectivity index (χ0n) is 12.4. The smallest absolute Gasteiger partial charge is 0.224 e. The molecule has 0 heterocycles. The molecule has 0 aromatic heterocycles. The van der Waals surface area contributed by atoms with E-state index < -0.39 is 0 Å². The van der Waals surface area contributed by atoms with E-state index in [0.717, 1.165) is 31.6 Å². The van der Waals surface area contributed by atoms with Crippen LogP contribution in [-0.2, 0) is 4.79 Å². The maximum absolute atomic E-state index is 12.1. The molecule has 0 unspecified atom stereocenters. The molecule has 3 heteroatoms. The second-order valence-corrected chi connectivity index (χ2v) is 4.92. The summed E-state index contributed by atoms with van der Waals surface area (Å²) in [5.74, 6) is 0.253. The fourth-order valence-corrected chi connectivity index (χ4v) is 2.04. The number of rotatable bonds is 8. The molecule has 0 fully saturated rings. The highest BCUT2D eigenvalue weighted by atomic mass is 16.2. The molecule has 0 aliphatic rings. The summed E-state index contributed by atoms with van der Waals surface area (Å²) in [6, 6.07) is 8.25. The molecule has 1 aromatic carbocycles. The molecule has 0 aliphatic heterocycles. The van der Waals surface area contributed by atoms with Crippen molar-refractivity contribution in [1.82, 2.24) is 4.90 Å². The van der Waals surface area contributed by atoms with E-state index in [4.69, 9.17) is 0 Å². The van der Waals surface area contributed by atoms with Crippen molar-refractivity contribution in [3.8, 4) is 0 Å². The molecule has 0 aliphatic carbocycles. The molecule has 0 saturated heterocycles. The summed E-state index contributed by atoms with van der Waals surface area (Å²) >= 11 is 0. The summed E-state index contributed by atoms with van der Waals surface area (Å²) < 4.78 is 0. The van der Waals surface area contributed by atoms with Crippen molar-refractivity contribution >= 4 is 11.6 Å². The average Bonchev–Trinajstić information content (AvgIpc) is 2.40. The highest BCUT2D eigenvalue weighted by Gasteiger charge is 2.10. The monoisotopic (exact) mass is 262 g/mol. The minimum atomic E-state index is 0.253. The van der Waals surface area contributed by atoms with Gasteiger partial charge in [-0.15, -0.1) is 0 Å². The van der Waals surface area contributed by atoms with Crippen molar-refractivity contribution in [3.63, 3.8) is 0 Å². The van der Waals surface area contributed by atoms with Gasteiger partial charge >= 0.3 is 0 Å². The lowest BCUT2D eigenvalue weighted by Crippen LogP contribution is -2.33. The molecule has 0 spiro atoms. The summed E-state index contributed by atoms with van der Waals surface area (Å²) in [6.07, 6.45) is 2.61. The largest absolute Gasteiger partial charge is 0.385 e. The summed E-state index contributed by atoms with van der Waals surface area (Å²) in [7, 11) is 0. The number of aryl methyl sites for hydroxylation is 1. The first-order chi connectivity index (χ1) is 9.17.